The van der Waals surface area contributed by atoms with E-state index in [2.05, 4.69) is 9.71 Å². The van der Waals surface area contributed by atoms with Crippen LogP contribution in [0, 0.1) is 0 Å². The van der Waals surface area contributed by atoms with E-state index in [1.807, 2.05) is 6.92 Å². The molecule has 0 aliphatic heterocycles. The number of nitrogens with one attached hydrogen (secondary N) is 1. The van der Waals surface area contributed by atoms with E-state index in [9.17, 15) is 8.42 Å². The number of alkyl halides is 1. The molecule has 0 bridgehead atoms. The van der Waals surface area contributed by atoms with E-state index in [1.54, 1.807) is 24.5 Å². The molecular formula is C11H17ClN2O2S. The largest absolute Gasteiger partial charge is 0.265 e. The van der Waals surface area contributed by atoms with Crippen LogP contribution in [-0.4, -0.2) is 25.0 Å². The summed E-state index contributed by atoms with van der Waals surface area (Å²) >= 11 is 5.51. The normalized spacial score (nSPS) is 13.5. The quantitative estimate of drug-likeness (QED) is 0.613. The van der Waals surface area contributed by atoms with E-state index in [0.29, 0.717) is 18.7 Å². The lowest BCUT2D eigenvalue weighted by atomic mass is 10.1. The lowest BCUT2D eigenvalue weighted by molar-refractivity contribution is 0.564. The maximum absolute atomic E-state index is 11.7. The van der Waals surface area contributed by atoms with Gasteiger partial charge in [0.2, 0.25) is 10.0 Å². The Morgan fingerprint density at radius 3 is 2.59 bits per heavy atom. The number of sulfonamides is 1. The van der Waals surface area contributed by atoms with Gasteiger partial charge in [0.25, 0.3) is 0 Å². The van der Waals surface area contributed by atoms with Crippen LogP contribution in [0.25, 0.3) is 0 Å². The van der Waals surface area contributed by atoms with E-state index in [0.717, 1.165) is 5.56 Å². The lowest BCUT2D eigenvalue weighted by Crippen LogP contribution is -2.29. The Labute approximate surface area is 107 Å². The highest BCUT2D eigenvalue weighted by Crippen LogP contribution is 2.12. The molecule has 1 heterocycles. The lowest BCUT2D eigenvalue weighted by Gasteiger charge is -2.14. The molecule has 17 heavy (non-hydrogen) atoms. The Morgan fingerprint density at radius 1 is 1.35 bits per heavy atom. The molecule has 0 saturated heterocycles. The smallest absolute Gasteiger partial charge is 0.212 e. The Morgan fingerprint density at radius 2 is 2.00 bits per heavy atom. The standard InChI is InChI=1S/C11H17ClN2O2S/c1-10(11-4-7-13-8-5-11)14-17(15,16)9-3-2-6-12/h4-5,7-8,10,14H,2-3,6,9H2,1H3/t10-/m0/s1. The Bertz CT molecular complexity index is 422. The van der Waals surface area contributed by atoms with Gasteiger partial charge in [-0.2, -0.15) is 0 Å². The molecule has 0 saturated carbocycles. The molecule has 1 rings (SSSR count). The van der Waals surface area contributed by atoms with E-state index >= 15 is 0 Å². The van der Waals surface area contributed by atoms with E-state index in [4.69, 9.17) is 11.6 Å². The summed E-state index contributed by atoms with van der Waals surface area (Å²) in [7, 11) is -3.23. The second kappa shape index (κ2) is 6.93. The molecule has 1 N–H and O–H groups in total. The van der Waals surface area contributed by atoms with Crippen molar-refractivity contribution < 1.29 is 8.42 Å². The summed E-state index contributed by atoms with van der Waals surface area (Å²) in [6, 6.07) is 3.36. The van der Waals surface area contributed by atoms with Crippen LogP contribution in [0.5, 0.6) is 0 Å². The van der Waals surface area contributed by atoms with E-state index in [-0.39, 0.29) is 11.8 Å². The molecule has 1 aromatic heterocycles. The van der Waals surface area contributed by atoms with Crippen LogP contribution in [0.3, 0.4) is 0 Å². The molecular weight excluding hydrogens is 260 g/mol. The highest BCUT2D eigenvalue weighted by molar-refractivity contribution is 7.89. The molecule has 0 aromatic carbocycles. The number of aromatic nitrogens is 1. The van der Waals surface area contributed by atoms with Gasteiger partial charge in [0.1, 0.15) is 0 Å². The second-order valence-corrected chi connectivity index (χ2v) is 6.09. The molecule has 0 aliphatic rings. The van der Waals surface area contributed by atoms with Crippen LogP contribution in [-0.2, 0) is 10.0 Å². The summed E-state index contributed by atoms with van der Waals surface area (Å²) in [5.74, 6) is 0.616. The molecule has 0 unspecified atom stereocenters. The molecule has 0 aliphatic carbocycles. The molecule has 96 valence electrons. The van der Waals surface area contributed by atoms with Gasteiger partial charge in [-0.25, -0.2) is 13.1 Å². The van der Waals surface area contributed by atoms with Crippen molar-refractivity contribution in [3.05, 3.63) is 30.1 Å². The fraction of sp³-hybridized carbons (Fsp3) is 0.545. The molecule has 0 fully saturated rings. The zero-order chi connectivity index (χ0) is 12.7. The molecule has 1 atom stereocenters. The van der Waals surface area contributed by atoms with Crippen LogP contribution < -0.4 is 4.72 Å². The number of hydrogen-bond acceptors (Lipinski definition) is 3. The predicted molar refractivity (Wildman–Crippen MR) is 69.5 cm³/mol. The summed E-state index contributed by atoms with van der Waals surface area (Å²) in [5, 5.41) is 0. The van der Waals surface area contributed by atoms with Crippen molar-refractivity contribution in [1.82, 2.24) is 9.71 Å². The number of pyridine rings is 1. The van der Waals surface area contributed by atoms with Crippen molar-refractivity contribution in [3.63, 3.8) is 0 Å². The summed E-state index contributed by atoms with van der Waals surface area (Å²) in [6.45, 7) is 1.81. The van der Waals surface area contributed by atoms with Gasteiger partial charge < -0.3 is 0 Å². The van der Waals surface area contributed by atoms with Crippen LogP contribution >= 0.6 is 11.6 Å². The number of halogens is 1. The van der Waals surface area contributed by atoms with Crippen molar-refractivity contribution in [1.29, 1.82) is 0 Å². The first-order valence-corrected chi connectivity index (χ1v) is 7.70. The number of nitrogens with zero attached hydrogens (tertiary/aromatic N) is 1. The van der Waals surface area contributed by atoms with Crippen molar-refractivity contribution in [2.75, 3.05) is 11.6 Å². The third kappa shape index (κ3) is 5.48. The summed E-state index contributed by atoms with van der Waals surface area (Å²) in [4.78, 5) is 3.89. The molecule has 0 spiro atoms. The van der Waals surface area contributed by atoms with Crippen molar-refractivity contribution in [3.8, 4) is 0 Å². The Kier molecular flexibility index (Phi) is 5.88. The van der Waals surface area contributed by atoms with Crippen LogP contribution in [0.2, 0.25) is 0 Å². The molecule has 1 aromatic rings. The van der Waals surface area contributed by atoms with Gasteiger partial charge in [-0.1, -0.05) is 0 Å². The van der Waals surface area contributed by atoms with Crippen LogP contribution in [0.4, 0.5) is 0 Å². The van der Waals surface area contributed by atoms with Crippen LogP contribution in [0.15, 0.2) is 24.5 Å². The summed E-state index contributed by atoms with van der Waals surface area (Å²) < 4.78 is 26.1. The van der Waals surface area contributed by atoms with Gasteiger partial charge in [-0.15, -0.1) is 11.6 Å². The van der Waals surface area contributed by atoms with Gasteiger partial charge in [0.05, 0.1) is 5.75 Å². The molecule has 0 radical (unpaired) electrons. The zero-order valence-electron chi connectivity index (χ0n) is 9.77. The average Bonchev–Trinajstić information content (AvgIpc) is 2.30. The fourth-order valence-electron chi connectivity index (χ4n) is 1.43. The summed E-state index contributed by atoms with van der Waals surface area (Å²) in [6.07, 6.45) is 4.59. The molecule has 4 nitrogen and oxygen atoms in total. The Hall–Kier alpha value is -0.650. The highest BCUT2D eigenvalue weighted by atomic mass is 35.5. The Balaban J connectivity index is 2.53. The van der Waals surface area contributed by atoms with Gasteiger partial charge in [0, 0.05) is 24.3 Å². The van der Waals surface area contributed by atoms with Crippen LogP contribution in [0.1, 0.15) is 31.4 Å². The first-order chi connectivity index (χ1) is 8.05. The molecule has 6 heteroatoms. The van der Waals surface area contributed by atoms with E-state index in [1.165, 1.54) is 0 Å². The fourth-order valence-corrected chi connectivity index (χ4v) is 3.00. The monoisotopic (exact) mass is 276 g/mol. The average molecular weight is 277 g/mol. The number of rotatable bonds is 7. The third-order valence-corrected chi connectivity index (χ3v) is 4.17. The van der Waals surface area contributed by atoms with Gasteiger partial charge in [-0.3, -0.25) is 4.98 Å². The zero-order valence-corrected chi connectivity index (χ0v) is 11.3. The topological polar surface area (TPSA) is 59.1 Å². The third-order valence-electron chi connectivity index (χ3n) is 2.36. The van der Waals surface area contributed by atoms with Gasteiger partial charge >= 0.3 is 0 Å². The van der Waals surface area contributed by atoms with E-state index < -0.39 is 10.0 Å². The maximum atomic E-state index is 11.7. The van der Waals surface area contributed by atoms with Crippen molar-refractivity contribution in [2.24, 2.45) is 0 Å². The highest BCUT2D eigenvalue weighted by Gasteiger charge is 2.14. The first kappa shape index (κ1) is 14.4. The van der Waals surface area contributed by atoms with Crippen molar-refractivity contribution in [2.45, 2.75) is 25.8 Å². The minimum absolute atomic E-state index is 0.120. The number of hydrogen-bond donors (Lipinski definition) is 1. The maximum Gasteiger partial charge on any atom is 0.212 e. The first-order valence-electron chi connectivity index (χ1n) is 5.51. The van der Waals surface area contributed by atoms with Gasteiger partial charge in [0.15, 0.2) is 0 Å². The second-order valence-electron chi connectivity index (χ2n) is 3.84. The SMILES string of the molecule is C[C@H](NS(=O)(=O)CCCCCl)c1ccncc1. The predicted octanol–water partition coefficient (Wildman–Crippen LogP) is 2.08. The summed E-state index contributed by atoms with van der Waals surface area (Å²) in [5.41, 5.74) is 0.904. The minimum Gasteiger partial charge on any atom is -0.265 e. The molecule has 0 amide bonds. The van der Waals surface area contributed by atoms with Gasteiger partial charge in [-0.05, 0) is 37.5 Å². The number of unbranched alkanes of at least 4 members (excludes halogenated alkanes) is 1. The minimum atomic E-state index is -3.23. The van der Waals surface area contributed by atoms with Crippen molar-refractivity contribution >= 4 is 21.6 Å².